The van der Waals surface area contributed by atoms with Crippen LogP contribution in [-0.4, -0.2) is 12.6 Å². The summed E-state index contributed by atoms with van der Waals surface area (Å²) in [4.78, 5) is 0. The number of piperidine rings is 1. The first-order valence-corrected chi connectivity index (χ1v) is 4.46. The van der Waals surface area contributed by atoms with Gasteiger partial charge in [-0.2, -0.15) is 0 Å². The lowest BCUT2D eigenvalue weighted by atomic mass is 9.79. The molecular weight excluding hydrogens is 134 g/mol. The molecule has 11 heavy (non-hydrogen) atoms. The summed E-state index contributed by atoms with van der Waals surface area (Å²) in [6.07, 6.45) is 10.3. The second-order valence-corrected chi connectivity index (χ2v) is 3.54. The van der Waals surface area contributed by atoms with E-state index in [0.717, 1.165) is 11.8 Å². The van der Waals surface area contributed by atoms with Gasteiger partial charge >= 0.3 is 0 Å². The van der Waals surface area contributed by atoms with Gasteiger partial charge in [-0.1, -0.05) is 24.3 Å². The fourth-order valence-electron chi connectivity index (χ4n) is 2.11. The Labute approximate surface area is 68.2 Å². The standard InChI is InChI=1S/C10H15N/c1-8-10-5-3-2-4-9(10)6-7-11-8/h2-5,8-11H,6-7H2,1H3/t8-,9?,10?/m1/s1. The molecule has 60 valence electrons. The smallest absolute Gasteiger partial charge is 0.0107 e. The van der Waals surface area contributed by atoms with Crippen molar-refractivity contribution < 1.29 is 0 Å². The summed E-state index contributed by atoms with van der Waals surface area (Å²) in [7, 11) is 0. The second-order valence-electron chi connectivity index (χ2n) is 3.54. The molecular formula is C10H15N. The topological polar surface area (TPSA) is 12.0 Å². The summed E-state index contributed by atoms with van der Waals surface area (Å²) >= 11 is 0. The van der Waals surface area contributed by atoms with E-state index in [9.17, 15) is 0 Å². The van der Waals surface area contributed by atoms with Crippen molar-refractivity contribution in [1.29, 1.82) is 0 Å². The van der Waals surface area contributed by atoms with Crippen LogP contribution in [0.15, 0.2) is 24.3 Å². The van der Waals surface area contributed by atoms with E-state index >= 15 is 0 Å². The van der Waals surface area contributed by atoms with Crippen molar-refractivity contribution in [2.75, 3.05) is 6.54 Å². The highest BCUT2D eigenvalue weighted by Gasteiger charge is 2.27. The molecule has 1 heterocycles. The van der Waals surface area contributed by atoms with Crippen LogP contribution in [0.5, 0.6) is 0 Å². The fourth-order valence-corrected chi connectivity index (χ4v) is 2.11. The summed E-state index contributed by atoms with van der Waals surface area (Å²) in [5, 5.41) is 3.50. The van der Waals surface area contributed by atoms with Gasteiger partial charge in [0.25, 0.3) is 0 Å². The zero-order chi connectivity index (χ0) is 7.68. The molecule has 0 bridgehead atoms. The lowest BCUT2D eigenvalue weighted by Gasteiger charge is -2.35. The van der Waals surface area contributed by atoms with Crippen molar-refractivity contribution in [3.05, 3.63) is 24.3 Å². The zero-order valence-corrected chi connectivity index (χ0v) is 6.96. The van der Waals surface area contributed by atoms with Crippen molar-refractivity contribution >= 4 is 0 Å². The molecule has 3 atom stereocenters. The average molecular weight is 149 g/mol. The van der Waals surface area contributed by atoms with Crippen LogP contribution in [0.25, 0.3) is 0 Å². The van der Waals surface area contributed by atoms with E-state index in [2.05, 4.69) is 36.5 Å². The van der Waals surface area contributed by atoms with Crippen LogP contribution in [-0.2, 0) is 0 Å². The van der Waals surface area contributed by atoms with Gasteiger partial charge in [-0.3, -0.25) is 0 Å². The van der Waals surface area contributed by atoms with Gasteiger partial charge in [0.2, 0.25) is 0 Å². The number of allylic oxidation sites excluding steroid dienone is 3. The normalized spacial score (nSPS) is 42.1. The SMILES string of the molecule is C[C@H]1NCCC2C=CC=CC21. The largest absolute Gasteiger partial charge is 0.314 e. The maximum absolute atomic E-state index is 3.50. The average Bonchev–Trinajstić information content (AvgIpc) is 2.06. The molecule has 0 aromatic heterocycles. The van der Waals surface area contributed by atoms with Crippen molar-refractivity contribution in [3.8, 4) is 0 Å². The number of nitrogens with one attached hydrogen (secondary N) is 1. The number of hydrogen-bond acceptors (Lipinski definition) is 1. The monoisotopic (exact) mass is 149 g/mol. The molecule has 1 aliphatic heterocycles. The van der Waals surface area contributed by atoms with Gasteiger partial charge in [0, 0.05) is 6.04 Å². The Hall–Kier alpha value is -0.560. The van der Waals surface area contributed by atoms with Crippen molar-refractivity contribution in [1.82, 2.24) is 5.32 Å². The van der Waals surface area contributed by atoms with Gasteiger partial charge < -0.3 is 5.32 Å². The maximum Gasteiger partial charge on any atom is 0.0107 e. The van der Waals surface area contributed by atoms with E-state index in [1.165, 1.54) is 13.0 Å². The molecule has 2 unspecified atom stereocenters. The van der Waals surface area contributed by atoms with Crippen LogP contribution in [0.1, 0.15) is 13.3 Å². The second kappa shape index (κ2) is 2.82. The van der Waals surface area contributed by atoms with Gasteiger partial charge in [0.15, 0.2) is 0 Å². The van der Waals surface area contributed by atoms with Crippen LogP contribution < -0.4 is 5.32 Å². The molecule has 1 nitrogen and oxygen atoms in total. The van der Waals surface area contributed by atoms with Gasteiger partial charge in [-0.15, -0.1) is 0 Å². The Morgan fingerprint density at radius 2 is 2.09 bits per heavy atom. The summed E-state index contributed by atoms with van der Waals surface area (Å²) in [6.45, 7) is 3.46. The molecule has 1 aliphatic carbocycles. The van der Waals surface area contributed by atoms with Crippen LogP contribution in [0.4, 0.5) is 0 Å². The van der Waals surface area contributed by atoms with Crippen LogP contribution in [0, 0.1) is 11.8 Å². The lowest BCUT2D eigenvalue weighted by molar-refractivity contribution is 0.282. The van der Waals surface area contributed by atoms with E-state index < -0.39 is 0 Å². The molecule has 0 amide bonds. The third kappa shape index (κ3) is 1.25. The van der Waals surface area contributed by atoms with Crippen LogP contribution >= 0.6 is 0 Å². The first kappa shape index (κ1) is 7.11. The third-order valence-electron chi connectivity index (χ3n) is 2.82. The molecule has 1 fully saturated rings. The van der Waals surface area contributed by atoms with E-state index in [4.69, 9.17) is 0 Å². The molecule has 2 rings (SSSR count). The Morgan fingerprint density at radius 1 is 1.27 bits per heavy atom. The molecule has 0 saturated carbocycles. The maximum atomic E-state index is 3.50. The summed E-state index contributed by atoms with van der Waals surface area (Å²) in [5.74, 6) is 1.55. The Morgan fingerprint density at radius 3 is 2.91 bits per heavy atom. The predicted octanol–water partition coefficient (Wildman–Crippen LogP) is 1.73. The highest BCUT2D eigenvalue weighted by molar-refractivity contribution is 5.17. The quantitative estimate of drug-likeness (QED) is 0.553. The number of hydrogen-bond donors (Lipinski definition) is 1. The highest BCUT2D eigenvalue weighted by Crippen LogP contribution is 2.28. The molecule has 1 heteroatoms. The van der Waals surface area contributed by atoms with E-state index in [1.54, 1.807) is 0 Å². The molecule has 0 aromatic carbocycles. The molecule has 1 saturated heterocycles. The van der Waals surface area contributed by atoms with Gasteiger partial charge in [0.1, 0.15) is 0 Å². The number of fused-ring (bicyclic) bond motifs is 1. The number of rotatable bonds is 0. The van der Waals surface area contributed by atoms with Crippen LogP contribution in [0.3, 0.4) is 0 Å². The summed E-state index contributed by atoms with van der Waals surface area (Å²) in [5.41, 5.74) is 0. The Kier molecular flexibility index (Phi) is 1.82. The van der Waals surface area contributed by atoms with Crippen molar-refractivity contribution in [2.45, 2.75) is 19.4 Å². The third-order valence-corrected chi connectivity index (χ3v) is 2.82. The van der Waals surface area contributed by atoms with Crippen LogP contribution in [0.2, 0.25) is 0 Å². The van der Waals surface area contributed by atoms with E-state index in [0.29, 0.717) is 6.04 Å². The van der Waals surface area contributed by atoms with E-state index in [1.807, 2.05) is 0 Å². The summed E-state index contributed by atoms with van der Waals surface area (Å²) in [6, 6.07) is 0.662. The molecule has 2 aliphatic rings. The van der Waals surface area contributed by atoms with E-state index in [-0.39, 0.29) is 0 Å². The molecule has 0 radical (unpaired) electrons. The minimum atomic E-state index is 0.662. The zero-order valence-electron chi connectivity index (χ0n) is 6.96. The lowest BCUT2D eigenvalue weighted by Crippen LogP contribution is -2.43. The Bertz CT molecular complexity index is 193. The minimum Gasteiger partial charge on any atom is -0.314 e. The summed E-state index contributed by atoms with van der Waals surface area (Å²) < 4.78 is 0. The molecule has 0 aromatic rings. The predicted molar refractivity (Wildman–Crippen MR) is 47.3 cm³/mol. The van der Waals surface area contributed by atoms with Gasteiger partial charge in [0.05, 0.1) is 0 Å². The minimum absolute atomic E-state index is 0.662. The Balaban J connectivity index is 2.14. The highest BCUT2D eigenvalue weighted by atomic mass is 14.9. The van der Waals surface area contributed by atoms with Crippen molar-refractivity contribution in [3.63, 3.8) is 0 Å². The first-order chi connectivity index (χ1) is 5.38. The fraction of sp³-hybridized carbons (Fsp3) is 0.600. The first-order valence-electron chi connectivity index (χ1n) is 4.46. The molecule has 1 N–H and O–H groups in total. The molecule has 0 spiro atoms. The van der Waals surface area contributed by atoms with Gasteiger partial charge in [-0.25, -0.2) is 0 Å². The van der Waals surface area contributed by atoms with Gasteiger partial charge in [-0.05, 0) is 31.7 Å². The van der Waals surface area contributed by atoms with Crippen molar-refractivity contribution in [2.24, 2.45) is 11.8 Å².